The van der Waals surface area contributed by atoms with E-state index in [2.05, 4.69) is 6.92 Å². The highest BCUT2D eigenvalue weighted by Gasteiger charge is 2.27. The van der Waals surface area contributed by atoms with Crippen LogP contribution in [-0.4, -0.2) is 36.7 Å². The van der Waals surface area contributed by atoms with Crippen LogP contribution in [0.5, 0.6) is 5.75 Å². The van der Waals surface area contributed by atoms with E-state index in [4.69, 9.17) is 18.9 Å². The molecule has 31 heavy (non-hydrogen) atoms. The molecule has 1 aliphatic rings. The predicted octanol–water partition coefficient (Wildman–Crippen LogP) is 6.16. The molecule has 174 valence electrons. The highest BCUT2D eigenvalue weighted by Crippen LogP contribution is 2.20. The van der Waals surface area contributed by atoms with E-state index in [1.165, 1.54) is 82.1 Å². The highest BCUT2D eigenvalue weighted by molar-refractivity contribution is 5.64. The van der Waals surface area contributed by atoms with Crippen molar-refractivity contribution in [3.63, 3.8) is 0 Å². The van der Waals surface area contributed by atoms with Crippen LogP contribution in [0, 0.1) is 10.1 Å². The van der Waals surface area contributed by atoms with Crippen LogP contribution in [0.1, 0.15) is 77.6 Å². The Kier molecular flexibility index (Phi) is 11.9. The third kappa shape index (κ3) is 10.6. The summed E-state index contributed by atoms with van der Waals surface area (Å²) in [5, 5.41) is 10.6. The predicted molar refractivity (Wildman–Crippen MR) is 116 cm³/mol. The Morgan fingerprint density at radius 3 is 2.26 bits per heavy atom. The molecule has 1 aliphatic heterocycles. The average molecular weight is 438 g/mol. The molecule has 1 aromatic rings. The molecule has 2 atom stereocenters. The van der Waals surface area contributed by atoms with Crippen LogP contribution in [0.2, 0.25) is 0 Å². The van der Waals surface area contributed by atoms with Gasteiger partial charge in [-0.2, -0.15) is 0 Å². The van der Waals surface area contributed by atoms with Gasteiger partial charge in [-0.25, -0.2) is 4.79 Å². The summed E-state index contributed by atoms with van der Waals surface area (Å²) in [5.41, 5.74) is -0.0781. The van der Waals surface area contributed by atoms with E-state index in [0.29, 0.717) is 6.61 Å². The molecule has 8 heteroatoms. The lowest BCUT2D eigenvalue weighted by molar-refractivity contribution is -0.384. The fourth-order valence-electron chi connectivity index (χ4n) is 3.47. The van der Waals surface area contributed by atoms with Gasteiger partial charge in [-0.3, -0.25) is 10.1 Å². The largest absolute Gasteiger partial charge is 0.513 e. The summed E-state index contributed by atoms with van der Waals surface area (Å²) in [6, 6.07) is 5.21. The normalized spacial score (nSPS) is 18.1. The number of carbonyl (C=O) groups is 1. The van der Waals surface area contributed by atoms with Crippen molar-refractivity contribution in [3.05, 3.63) is 34.4 Å². The molecule has 1 saturated heterocycles. The number of nitro benzene ring substituents is 1. The van der Waals surface area contributed by atoms with E-state index in [0.717, 1.165) is 12.8 Å². The lowest BCUT2D eigenvalue weighted by Gasteiger charge is -2.12. The van der Waals surface area contributed by atoms with Gasteiger partial charge in [0.15, 0.2) is 6.29 Å². The summed E-state index contributed by atoms with van der Waals surface area (Å²) < 4.78 is 21.4. The first-order valence-electron chi connectivity index (χ1n) is 11.4. The van der Waals surface area contributed by atoms with E-state index in [-0.39, 0.29) is 30.4 Å². The number of non-ortho nitro benzene ring substituents is 1. The number of carbonyl (C=O) groups excluding carboxylic acids is 1. The molecule has 0 N–H and O–H groups in total. The van der Waals surface area contributed by atoms with Crippen molar-refractivity contribution < 1.29 is 28.7 Å². The maximum atomic E-state index is 11.8. The van der Waals surface area contributed by atoms with Crippen molar-refractivity contribution in [3.8, 4) is 5.75 Å². The van der Waals surface area contributed by atoms with Gasteiger partial charge in [0.2, 0.25) is 0 Å². The van der Waals surface area contributed by atoms with Crippen LogP contribution in [0.3, 0.4) is 0 Å². The van der Waals surface area contributed by atoms with Gasteiger partial charge in [0.05, 0.1) is 11.5 Å². The molecule has 2 rings (SSSR count). The van der Waals surface area contributed by atoms with Gasteiger partial charge in [0.1, 0.15) is 18.5 Å². The van der Waals surface area contributed by atoms with E-state index >= 15 is 0 Å². The maximum absolute atomic E-state index is 11.8. The van der Waals surface area contributed by atoms with Gasteiger partial charge >= 0.3 is 6.16 Å². The summed E-state index contributed by atoms with van der Waals surface area (Å²) in [6.45, 7) is 2.67. The molecule has 0 radical (unpaired) electrons. The second-order valence-corrected chi connectivity index (χ2v) is 7.91. The number of hydrogen-bond acceptors (Lipinski definition) is 7. The quantitative estimate of drug-likeness (QED) is 0.106. The minimum absolute atomic E-state index is 0.0420. The van der Waals surface area contributed by atoms with Crippen molar-refractivity contribution in [2.75, 3.05) is 13.2 Å². The molecule has 8 nitrogen and oxygen atoms in total. The Morgan fingerprint density at radius 1 is 1.03 bits per heavy atom. The van der Waals surface area contributed by atoms with Gasteiger partial charge in [-0.05, 0) is 25.0 Å². The van der Waals surface area contributed by atoms with Crippen molar-refractivity contribution in [1.29, 1.82) is 0 Å². The molecular weight excluding hydrogens is 402 g/mol. The SMILES string of the molecule is CCCCCCCCCCCCC1OCC(COC(=O)Oc2ccc([N+](=O)[O-])cc2)O1. The minimum atomic E-state index is -0.879. The molecule has 1 aromatic carbocycles. The number of hydrogen-bond donors (Lipinski definition) is 0. The van der Waals surface area contributed by atoms with Crippen molar-refractivity contribution in [2.45, 2.75) is 89.9 Å². The number of unbranched alkanes of at least 4 members (excludes halogenated alkanes) is 9. The molecule has 1 heterocycles. The lowest BCUT2D eigenvalue weighted by atomic mass is 10.1. The Labute approximate surface area is 184 Å². The Morgan fingerprint density at radius 2 is 1.65 bits per heavy atom. The Hall–Kier alpha value is -2.19. The average Bonchev–Trinajstić information content (AvgIpc) is 3.22. The summed E-state index contributed by atoms with van der Waals surface area (Å²) in [4.78, 5) is 21.9. The second kappa shape index (κ2) is 14.8. The first-order chi connectivity index (χ1) is 15.1. The molecule has 2 unspecified atom stereocenters. The van der Waals surface area contributed by atoms with E-state index < -0.39 is 11.1 Å². The highest BCUT2D eigenvalue weighted by atomic mass is 16.8. The van der Waals surface area contributed by atoms with Crippen LogP contribution in [-0.2, 0) is 14.2 Å². The molecular formula is C23H35NO7. The molecule has 0 amide bonds. The van der Waals surface area contributed by atoms with Gasteiger partial charge in [0.25, 0.3) is 5.69 Å². The minimum Gasteiger partial charge on any atom is -0.431 e. The summed E-state index contributed by atoms with van der Waals surface area (Å²) >= 11 is 0. The molecule has 0 aromatic heterocycles. The van der Waals surface area contributed by atoms with Gasteiger partial charge < -0.3 is 18.9 Å². The second-order valence-electron chi connectivity index (χ2n) is 7.91. The van der Waals surface area contributed by atoms with Gasteiger partial charge in [-0.1, -0.05) is 64.7 Å². The third-order valence-corrected chi connectivity index (χ3v) is 5.24. The molecule has 0 aliphatic carbocycles. The van der Waals surface area contributed by atoms with E-state index in [9.17, 15) is 14.9 Å². The van der Waals surface area contributed by atoms with Crippen LogP contribution in [0.15, 0.2) is 24.3 Å². The van der Waals surface area contributed by atoms with E-state index in [1.54, 1.807) is 0 Å². The zero-order valence-corrected chi connectivity index (χ0v) is 18.5. The summed E-state index contributed by atoms with van der Waals surface area (Å²) in [5.74, 6) is 0.179. The monoisotopic (exact) mass is 437 g/mol. The zero-order chi connectivity index (χ0) is 22.3. The Balaban J connectivity index is 1.48. The maximum Gasteiger partial charge on any atom is 0.513 e. The fourth-order valence-corrected chi connectivity index (χ4v) is 3.47. The summed E-state index contributed by atoms with van der Waals surface area (Å²) in [6.07, 6.45) is 12.3. The molecule has 1 fully saturated rings. The van der Waals surface area contributed by atoms with Crippen molar-refractivity contribution >= 4 is 11.8 Å². The number of nitrogens with zero attached hydrogens (tertiary/aromatic N) is 1. The first kappa shape index (κ1) is 25.1. The number of nitro groups is 1. The van der Waals surface area contributed by atoms with Gasteiger partial charge in [-0.15, -0.1) is 0 Å². The summed E-state index contributed by atoms with van der Waals surface area (Å²) in [7, 11) is 0. The molecule has 0 saturated carbocycles. The standard InChI is InChI=1S/C23H35NO7/c1-2-3-4-5-6-7-8-9-10-11-12-22-28-17-21(30-22)18-29-23(25)31-20-15-13-19(14-16-20)24(26)27/h13-16,21-22H,2-12,17-18H2,1H3. The first-order valence-corrected chi connectivity index (χ1v) is 11.4. The Bertz CT molecular complexity index is 650. The van der Waals surface area contributed by atoms with Crippen LogP contribution in [0.4, 0.5) is 10.5 Å². The molecule has 0 spiro atoms. The lowest BCUT2D eigenvalue weighted by Crippen LogP contribution is -2.23. The smallest absolute Gasteiger partial charge is 0.431 e. The number of benzene rings is 1. The topological polar surface area (TPSA) is 97.1 Å². The van der Waals surface area contributed by atoms with Crippen molar-refractivity contribution in [2.24, 2.45) is 0 Å². The van der Waals surface area contributed by atoms with Crippen LogP contribution < -0.4 is 4.74 Å². The van der Waals surface area contributed by atoms with E-state index in [1.807, 2.05) is 0 Å². The van der Waals surface area contributed by atoms with Crippen LogP contribution >= 0.6 is 0 Å². The zero-order valence-electron chi connectivity index (χ0n) is 18.5. The fraction of sp³-hybridized carbons (Fsp3) is 0.696. The number of rotatable bonds is 15. The van der Waals surface area contributed by atoms with Crippen molar-refractivity contribution in [1.82, 2.24) is 0 Å². The van der Waals surface area contributed by atoms with Crippen LogP contribution in [0.25, 0.3) is 0 Å². The third-order valence-electron chi connectivity index (χ3n) is 5.24. The molecule has 0 bridgehead atoms. The number of ether oxygens (including phenoxy) is 4. The van der Waals surface area contributed by atoms with Gasteiger partial charge in [0, 0.05) is 12.1 Å².